The minimum absolute atomic E-state index is 0.0455. The van der Waals surface area contributed by atoms with Crippen molar-refractivity contribution in [3.05, 3.63) is 70.2 Å². The normalized spacial score (nSPS) is 16.3. The molecule has 2 aromatic carbocycles. The third-order valence-corrected chi connectivity index (χ3v) is 5.71. The van der Waals surface area contributed by atoms with Crippen molar-refractivity contribution >= 4 is 22.5 Å². The topological polar surface area (TPSA) is 51.1 Å². The maximum atomic E-state index is 15.2. The van der Waals surface area contributed by atoms with Crippen molar-refractivity contribution < 1.29 is 14.0 Å². The molecule has 0 amide bonds. The average Bonchev–Trinajstić information content (AvgIpc) is 2.84. The molecule has 136 valence electrons. The number of halogens is 1. The van der Waals surface area contributed by atoms with Gasteiger partial charge in [-0.3, -0.25) is 9.59 Å². The van der Waals surface area contributed by atoms with Gasteiger partial charge in [-0.15, -0.1) is 0 Å². The van der Waals surface area contributed by atoms with E-state index in [1.54, 1.807) is 24.3 Å². The van der Waals surface area contributed by atoms with Crippen molar-refractivity contribution in [3.63, 3.8) is 0 Å². The number of hydrogen-bond acceptors (Lipinski definition) is 3. The van der Waals surface area contributed by atoms with E-state index in [1.807, 2.05) is 6.07 Å². The lowest BCUT2D eigenvalue weighted by Crippen LogP contribution is -2.20. The summed E-state index contributed by atoms with van der Waals surface area (Å²) in [5, 5.41) is 4.02. The molecule has 27 heavy (non-hydrogen) atoms. The molecule has 0 saturated carbocycles. The highest BCUT2D eigenvalue weighted by Gasteiger charge is 2.32. The number of nitrogens with one attached hydrogen (secondary N) is 1. The first-order chi connectivity index (χ1) is 13.2. The summed E-state index contributed by atoms with van der Waals surface area (Å²) < 4.78 is 17.3. The average molecular weight is 362 g/mol. The maximum absolute atomic E-state index is 15.2. The van der Waals surface area contributed by atoms with Crippen molar-refractivity contribution in [1.29, 1.82) is 0 Å². The van der Waals surface area contributed by atoms with Crippen LogP contribution in [0.15, 0.2) is 36.4 Å². The van der Waals surface area contributed by atoms with Gasteiger partial charge < -0.3 is 9.88 Å². The Labute approximate surface area is 156 Å². The molecule has 3 heterocycles. The van der Waals surface area contributed by atoms with Gasteiger partial charge in [-0.1, -0.05) is 30.3 Å². The van der Waals surface area contributed by atoms with Gasteiger partial charge in [0.1, 0.15) is 5.82 Å². The molecule has 5 rings (SSSR count). The molecular weight excluding hydrogens is 343 g/mol. The van der Waals surface area contributed by atoms with Gasteiger partial charge in [0.2, 0.25) is 0 Å². The van der Waals surface area contributed by atoms with Crippen molar-refractivity contribution in [2.75, 3.05) is 13.1 Å². The first-order valence-corrected chi connectivity index (χ1v) is 9.37. The molecule has 0 saturated heterocycles. The van der Waals surface area contributed by atoms with E-state index in [4.69, 9.17) is 0 Å². The number of ketones is 2. The van der Waals surface area contributed by atoms with Crippen LogP contribution in [0.4, 0.5) is 4.39 Å². The Kier molecular flexibility index (Phi) is 3.72. The van der Waals surface area contributed by atoms with Crippen LogP contribution in [0, 0.1) is 5.82 Å². The molecule has 0 fully saturated rings. The zero-order valence-electron chi connectivity index (χ0n) is 14.8. The summed E-state index contributed by atoms with van der Waals surface area (Å²) in [7, 11) is 0. The predicted octanol–water partition coefficient (Wildman–Crippen LogP) is 3.29. The largest absolute Gasteiger partial charge is 0.343 e. The Morgan fingerprint density at radius 3 is 2.67 bits per heavy atom. The number of fused-ring (bicyclic) bond motifs is 3. The molecule has 4 nitrogen and oxygen atoms in total. The number of aromatic nitrogens is 1. The van der Waals surface area contributed by atoms with E-state index in [0.29, 0.717) is 29.5 Å². The molecule has 0 unspecified atom stereocenters. The first-order valence-electron chi connectivity index (χ1n) is 9.37. The van der Waals surface area contributed by atoms with Gasteiger partial charge in [-0.25, -0.2) is 4.39 Å². The molecule has 1 N–H and O–H groups in total. The van der Waals surface area contributed by atoms with Crippen molar-refractivity contribution in [2.24, 2.45) is 0 Å². The molecule has 5 heteroatoms. The van der Waals surface area contributed by atoms with E-state index in [0.717, 1.165) is 42.7 Å². The van der Waals surface area contributed by atoms with Crippen LogP contribution in [0.25, 0.3) is 10.9 Å². The summed E-state index contributed by atoms with van der Waals surface area (Å²) in [6.07, 6.45) is 1.92. The van der Waals surface area contributed by atoms with Crippen molar-refractivity contribution in [3.8, 4) is 0 Å². The van der Waals surface area contributed by atoms with Crippen LogP contribution in [0.1, 0.15) is 44.0 Å². The van der Waals surface area contributed by atoms with Crippen LogP contribution < -0.4 is 5.32 Å². The third-order valence-electron chi connectivity index (χ3n) is 5.71. The highest BCUT2D eigenvalue weighted by Crippen LogP contribution is 2.38. The molecular formula is C22H19FN2O2. The molecule has 0 atom stereocenters. The Bertz CT molecular complexity index is 1100. The molecule has 0 spiro atoms. The Hall–Kier alpha value is -2.79. The number of carbonyl (C=O) groups excluding carboxylic acids is 2. The van der Waals surface area contributed by atoms with E-state index >= 15 is 4.39 Å². The maximum Gasteiger partial charge on any atom is 0.196 e. The van der Waals surface area contributed by atoms with Gasteiger partial charge in [0, 0.05) is 48.1 Å². The van der Waals surface area contributed by atoms with Crippen LogP contribution >= 0.6 is 0 Å². The van der Waals surface area contributed by atoms with Crippen molar-refractivity contribution in [2.45, 2.75) is 25.8 Å². The van der Waals surface area contributed by atoms with Crippen LogP contribution in [-0.4, -0.2) is 29.2 Å². The number of carbonyl (C=O) groups is 2. The van der Waals surface area contributed by atoms with Gasteiger partial charge in [0.25, 0.3) is 0 Å². The van der Waals surface area contributed by atoms with E-state index < -0.39 is 5.82 Å². The smallest absolute Gasteiger partial charge is 0.196 e. The summed E-state index contributed by atoms with van der Waals surface area (Å²) in [5.74, 6) is -0.968. The molecule has 1 aromatic heterocycles. The lowest BCUT2D eigenvalue weighted by Gasteiger charge is -2.18. The van der Waals surface area contributed by atoms with Gasteiger partial charge in [0.05, 0.1) is 11.1 Å². The molecule has 0 radical (unpaired) electrons. The highest BCUT2D eigenvalue weighted by molar-refractivity contribution is 6.21. The lowest BCUT2D eigenvalue weighted by atomic mass is 9.92. The standard InChI is InChI=1S/C22H19FN2O2/c23-16-12-15-18(26)8-11-25-17-7-10-24-9-6-14(17)19(21(15)25)20(16)22(27)13-4-2-1-3-5-13/h1-5,12,24H,6-11H2. The Morgan fingerprint density at radius 2 is 1.85 bits per heavy atom. The first kappa shape index (κ1) is 16.4. The number of rotatable bonds is 2. The van der Waals surface area contributed by atoms with Crippen LogP contribution in [-0.2, 0) is 19.4 Å². The molecule has 3 aromatic rings. The van der Waals surface area contributed by atoms with Gasteiger partial charge >= 0.3 is 0 Å². The fourth-order valence-electron chi connectivity index (χ4n) is 4.52. The van der Waals surface area contributed by atoms with E-state index in [2.05, 4.69) is 9.88 Å². The minimum Gasteiger partial charge on any atom is -0.343 e. The zero-order chi connectivity index (χ0) is 18.5. The SMILES string of the molecule is O=C(c1ccccc1)c1c(F)cc2c3c1c1c(n3CCC2=O)CCNCC1. The second kappa shape index (κ2) is 6.13. The monoisotopic (exact) mass is 362 g/mol. The summed E-state index contributed by atoms with van der Waals surface area (Å²) >= 11 is 0. The van der Waals surface area contributed by atoms with Crippen LogP contribution in [0.5, 0.6) is 0 Å². The van der Waals surface area contributed by atoms with Crippen LogP contribution in [0.2, 0.25) is 0 Å². The second-order valence-corrected chi connectivity index (χ2v) is 7.20. The van der Waals surface area contributed by atoms with Crippen molar-refractivity contribution in [1.82, 2.24) is 9.88 Å². The molecule has 2 aliphatic heterocycles. The lowest BCUT2D eigenvalue weighted by molar-refractivity contribution is 0.0970. The summed E-state index contributed by atoms with van der Waals surface area (Å²) in [4.78, 5) is 25.7. The second-order valence-electron chi connectivity index (χ2n) is 7.20. The summed E-state index contributed by atoms with van der Waals surface area (Å²) in [5.41, 5.74) is 3.88. The summed E-state index contributed by atoms with van der Waals surface area (Å²) in [6.45, 7) is 2.23. The number of Topliss-reactive ketones (excluding diaryl/α,β-unsaturated/α-hetero) is 1. The molecule has 0 aliphatic carbocycles. The Morgan fingerprint density at radius 1 is 1.07 bits per heavy atom. The zero-order valence-corrected chi connectivity index (χ0v) is 14.8. The highest BCUT2D eigenvalue weighted by atomic mass is 19.1. The summed E-state index contributed by atoms with van der Waals surface area (Å²) in [6, 6.07) is 10.1. The number of aryl methyl sites for hydroxylation is 1. The fourth-order valence-corrected chi connectivity index (χ4v) is 4.52. The van der Waals surface area contributed by atoms with Gasteiger partial charge in [-0.05, 0) is 24.6 Å². The van der Waals surface area contributed by atoms with Gasteiger partial charge in [0.15, 0.2) is 11.6 Å². The fraction of sp³-hybridized carbons (Fsp3) is 0.273. The van der Waals surface area contributed by atoms with Gasteiger partial charge in [-0.2, -0.15) is 0 Å². The number of nitrogens with zero attached hydrogens (tertiary/aromatic N) is 1. The van der Waals surface area contributed by atoms with E-state index in [-0.39, 0.29) is 17.1 Å². The van der Waals surface area contributed by atoms with E-state index in [1.165, 1.54) is 6.07 Å². The third kappa shape index (κ3) is 2.38. The van der Waals surface area contributed by atoms with E-state index in [9.17, 15) is 9.59 Å². The molecule has 2 aliphatic rings. The molecule has 0 bridgehead atoms. The number of hydrogen-bond donors (Lipinski definition) is 1. The number of benzene rings is 2. The Balaban J connectivity index is 1.87. The van der Waals surface area contributed by atoms with Crippen LogP contribution in [0.3, 0.4) is 0 Å². The predicted molar refractivity (Wildman–Crippen MR) is 101 cm³/mol. The minimum atomic E-state index is -0.598. The quantitative estimate of drug-likeness (QED) is 0.712.